The monoisotopic (exact) mass is 586 g/mol. The van der Waals surface area contributed by atoms with Gasteiger partial charge >= 0.3 is 0 Å². The fourth-order valence-electron chi connectivity index (χ4n) is 5.93. The molecule has 6 rings (SSSR count). The molecule has 220 valence electrons. The topological polar surface area (TPSA) is 99.0 Å². The molecule has 42 heavy (non-hydrogen) atoms. The SMILES string of the molecule is CCN(CC)C(C)CNC(=O)c1cc(-c2cnn3ccc(-c4cccs4)nc23)nc(N2CC[C@H]2C(=O)N2CCCC2)c1. The van der Waals surface area contributed by atoms with E-state index in [-0.39, 0.29) is 23.9 Å². The molecule has 4 aromatic rings. The number of carbonyl (C=O) groups is 2. The Labute approximate surface area is 250 Å². The first-order valence-electron chi connectivity index (χ1n) is 14.9. The molecule has 6 heterocycles. The quantitative estimate of drug-likeness (QED) is 0.298. The number of hydrogen-bond donors (Lipinski definition) is 1. The van der Waals surface area contributed by atoms with E-state index in [2.05, 4.69) is 36.1 Å². The van der Waals surface area contributed by atoms with Gasteiger partial charge in [0.05, 0.1) is 28.0 Å². The van der Waals surface area contributed by atoms with Crippen LogP contribution < -0.4 is 10.2 Å². The van der Waals surface area contributed by atoms with Crippen molar-refractivity contribution < 1.29 is 9.59 Å². The zero-order chi connectivity index (χ0) is 29.2. The molecule has 11 heteroatoms. The number of nitrogens with one attached hydrogen (secondary N) is 1. The largest absolute Gasteiger partial charge is 0.350 e. The number of thiophene rings is 1. The third kappa shape index (κ3) is 5.50. The zero-order valence-electron chi connectivity index (χ0n) is 24.5. The van der Waals surface area contributed by atoms with Crippen LogP contribution in [0.3, 0.4) is 0 Å². The molecule has 0 radical (unpaired) electrons. The van der Waals surface area contributed by atoms with E-state index in [4.69, 9.17) is 9.97 Å². The highest BCUT2D eigenvalue weighted by molar-refractivity contribution is 7.13. The predicted molar refractivity (Wildman–Crippen MR) is 166 cm³/mol. The van der Waals surface area contributed by atoms with Crippen LogP contribution in [-0.2, 0) is 4.79 Å². The molecule has 2 amide bonds. The van der Waals surface area contributed by atoms with Crippen LogP contribution in [0.5, 0.6) is 0 Å². The van der Waals surface area contributed by atoms with E-state index in [1.54, 1.807) is 22.0 Å². The number of fused-ring (bicyclic) bond motifs is 1. The van der Waals surface area contributed by atoms with Crippen molar-refractivity contribution in [3.05, 3.63) is 53.7 Å². The lowest BCUT2D eigenvalue weighted by Crippen LogP contribution is -2.57. The van der Waals surface area contributed by atoms with E-state index in [1.807, 2.05) is 51.7 Å². The molecule has 0 aliphatic carbocycles. The van der Waals surface area contributed by atoms with Gasteiger partial charge in [0, 0.05) is 44.0 Å². The molecule has 2 saturated heterocycles. The van der Waals surface area contributed by atoms with Gasteiger partial charge in [0.2, 0.25) is 5.91 Å². The number of anilines is 1. The minimum Gasteiger partial charge on any atom is -0.350 e. The van der Waals surface area contributed by atoms with E-state index in [9.17, 15) is 9.59 Å². The molecule has 0 bridgehead atoms. The van der Waals surface area contributed by atoms with E-state index >= 15 is 0 Å². The molecule has 2 aliphatic heterocycles. The van der Waals surface area contributed by atoms with Crippen molar-refractivity contribution in [1.82, 2.24) is 34.7 Å². The molecular formula is C31H38N8O2S. The van der Waals surface area contributed by atoms with Gasteiger partial charge in [-0.05, 0) is 68.9 Å². The highest BCUT2D eigenvalue weighted by Gasteiger charge is 2.38. The van der Waals surface area contributed by atoms with Gasteiger partial charge in [-0.25, -0.2) is 14.5 Å². The van der Waals surface area contributed by atoms with Gasteiger partial charge in [0.15, 0.2) is 5.65 Å². The first kappa shape index (κ1) is 28.3. The third-order valence-electron chi connectivity index (χ3n) is 8.50. The van der Waals surface area contributed by atoms with E-state index in [1.165, 1.54) is 0 Å². The van der Waals surface area contributed by atoms with Crippen molar-refractivity contribution in [2.75, 3.05) is 44.2 Å². The number of amides is 2. The predicted octanol–water partition coefficient (Wildman–Crippen LogP) is 4.18. The number of carbonyl (C=O) groups excluding carboxylic acids is 2. The Hall–Kier alpha value is -3.83. The van der Waals surface area contributed by atoms with Crippen molar-refractivity contribution in [2.45, 2.75) is 52.1 Å². The maximum Gasteiger partial charge on any atom is 0.251 e. The van der Waals surface area contributed by atoms with E-state index in [0.717, 1.165) is 68.1 Å². The molecule has 2 atom stereocenters. The second kappa shape index (κ2) is 12.2. The molecule has 0 saturated carbocycles. The van der Waals surface area contributed by atoms with Crippen molar-refractivity contribution in [1.29, 1.82) is 0 Å². The summed E-state index contributed by atoms with van der Waals surface area (Å²) in [7, 11) is 0. The molecular weight excluding hydrogens is 548 g/mol. The Morgan fingerprint density at radius 2 is 1.90 bits per heavy atom. The van der Waals surface area contributed by atoms with Crippen molar-refractivity contribution in [3.63, 3.8) is 0 Å². The minimum atomic E-state index is -0.253. The van der Waals surface area contributed by atoms with Gasteiger partial charge in [-0.1, -0.05) is 19.9 Å². The van der Waals surface area contributed by atoms with Crippen LogP contribution in [-0.4, -0.2) is 92.5 Å². The molecule has 1 unspecified atom stereocenters. The molecule has 1 N–H and O–H groups in total. The van der Waals surface area contributed by atoms with Crippen LogP contribution in [0.25, 0.3) is 27.5 Å². The summed E-state index contributed by atoms with van der Waals surface area (Å²) in [6.07, 6.45) is 6.54. The Balaban J connectivity index is 1.35. The number of likely N-dealkylation sites (N-methyl/N-ethyl adjacent to an activating group) is 1. The molecule has 2 aliphatic rings. The van der Waals surface area contributed by atoms with Crippen LogP contribution in [0.1, 0.15) is 50.4 Å². The van der Waals surface area contributed by atoms with Gasteiger partial charge in [0.25, 0.3) is 5.91 Å². The van der Waals surface area contributed by atoms with Crippen molar-refractivity contribution in [3.8, 4) is 21.8 Å². The van der Waals surface area contributed by atoms with Crippen LogP contribution in [0, 0.1) is 0 Å². The molecule has 4 aromatic heterocycles. The number of aromatic nitrogens is 4. The Bertz CT molecular complexity index is 1560. The van der Waals surface area contributed by atoms with Gasteiger partial charge in [-0.15, -0.1) is 11.3 Å². The lowest BCUT2D eigenvalue weighted by molar-refractivity contribution is -0.132. The summed E-state index contributed by atoms with van der Waals surface area (Å²) in [4.78, 5) is 44.2. The number of rotatable bonds is 10. The zero-order valence-corrected chi connectivity index (χ0v) is 25.3. The summed E-state index contributed by atoms with van der Waals surface area (Å²) in [5.41, 5.74) is 3.39. The average molecular weight is 587 g/mol. The smallest absolute Gasteiger partial charge is 0.251 e. The lowest BCUT2D eigenvalue weighted by Gasteiger charge is -2.42. The molecule has 10 nitrogen and oxygen atoms in total. The maximum atomic E-state index is 13.6. The van der Waals surface area contributed by atoms with Crippen LogP contribution in [0.2, 0.25) is 0 Å². The second-order valence-electron chi connectivity index (χ2n) is 11.0. The number of pyridine rings is 1. The Morgan fingerprint density at radius 3 is 2.60 bits per heavy atom. The normalized spacial score (nSPS) is 17.6. The minimum absolute atomic E-state index is 0.156. The average Bonchev–Trinajstić information content (AvgIpc) is 3.78. The fraction of sp³-hybridized carbons (Fsp3) is 0.452. The Morgan fingerprint density at radius 1 is 1.10 bits per heavy atom. The van der Waals surface area contributed by atoms with Crippen molar-refractivity contribution in [2.24, 2.45) is 0 Å². The maximum absolute atomic E-state index is 13.6. The van der Waals surface area contributed by atoms with Crippen LogP contribution >= 0.6 is 11.3 Å². The highest BCUT2D eigenvalue weighted by Crippen LogP contribution is 2.32. The number of likely N-dealkylation sites (tertiary alicyclic amines) is 1. The van der Waals surface area contributed by atoms with Crippen molar-refractivity contribution >= 4 is 34.6 Å². The van der Waals surface area contributed by atoms with Gasteiger partial charge in [-0.2, -0.15) is 5.10 Å². The highest BCUT2D eigenvalue weighted by atomic mass is 32.1. The second-order valence-corrected chi connectivity index (χ2v) is 12.0. The van der Waals surface area contributed by atoms with Gasteiger partial charge in [-0.3, -0.25) is 14.5 Å². The number of hydrogen-bond acceptors (Lipinski definition) is 8. The third-order valence-corrected chi connectivity index (χ3v) is 9.40. The first-order chi connectivity index (χ1) is 20.5. The fourth-order valence-corrected chi connectivity index (χ4v) is 6.62. The molecule has 2 fully saturated rings. The summed E-state index contributed by atoms with van der Waals surface area (Å²) in [6.45, 7) is 11.1. The first-order valence-corrected chi connectivity index (χ1v) is 15.8. The summed E-state index contributed by atoms with van der Waals surface area (Å²) < 4.78 is 1.73. The van der Waals surface area contributed by atoms with Crippen LogP contribution in [0.15, 0.2) is 48.1 Å². The lowest BCUT2D eigenvalue weighted by atomic mass is 10.0. The summed E-state index contributed by atoms with van der Waals surface area (Å²) in [6, 6.07) is 9.59. The molecule has 0 aromatic carbocycles. The summed E-state index contributed by atoms with van der Waals surface area (Å²) in [5.74, 6) is 0.626. The molecule has 0 spiro atoms. The Kier molecular flexibility index (Phi) is 8.21. The summed E-state index contributed by atoms with van der Waals surface area (Å²) >= 11 is 1.63. The standard InChI is InChI=1S/C31H38N8O2S/c1-4-36(5-2)21(3)19-32-30(40)22-17-25(23-20-33-39-15-10-24(35-29(23)39)27-9-8-16-42-27)34-28(18-22)38-14-11-26(38)31(41)37-12-6-7-13-37/h8-10,15-18,20-21,26H,4-7,11-14,19H2,1-3H3,(H,32,40)/t21?,26-/m0/s1. The van der Waals surface area contributed by atoms with Gasteiger partial charge in [0.1, 0.15) is 11.9 Å². The van der Waals surface area contributed by atoms with E-state index < -0.39 is 0 Å². The van der Waals surface area contributed by atoms with E-state index in [0.29, 0.717) is 29.3 Å². The van der Waals surface area contributed by atoms with Crippen LogP contribution in [0.4, 0.5) is 5.82 Å². The number of nitrogens with zero attached hydrogens (tertiary/aromatic N) is 7. The van der Waals surface area contributed by atoms with Gasteiger partial charge < -0.3 is 15.1 Å². The summed E-state index contributed by atoms with van der Waals surface area (Å²) in [5, 5.41) is 9.69.